The SMILES string of the molecule is O=S=O.c1ccc2c(c1)Cc1ccccc1O2. The van der Waals surface area contributed by atoms with Gasteiger partial charge in [-0.2, -0.15) is 8.42 Å². The van der Waals surface area contributed by atoms with Crippen LogP contribution in [-0.2, 0) is 18.0 Å². The summed E-state index contributed by atoms with van der Waals surface area (Å²) >= 11 is -0.750. The summed E-state index contributed by atoms with van der Waals surface area (Å²) in [7, 11) is 0. The minimum atomic E-state index is -0.750. The predicted octanol–water partition coefficient (Wildman–Crippen LogP) is 2.71. The largest absolute Gasteiger partial charge is 0.457 e. The average Bonchev–Trinajstić information content (AvgIpc) is 2.37. The smallest absolute Gasteiger partial charge is 0.335 e. The molecular formula is C13H10O3S. The van der Waals surface area contributed by atoms with Gasteiger partial charge in [-0.1, -0.05) is 36.4 Å². The first-order valence-electron chi connectivity index (χ1n) is 5.10. The Morgan fingerprint density at radius 3 is 1.71 bits per heavy atom. The summed E-state index contributed by atoms with van der Waals surface area (Å²) in [6.45, 7) is 0. The van der Waals surface area contributed by atoms with Crippen LogP contribution in [0.5, 0.6) is 11.5 Å². The van der Waals surface area contributed by atoms with Crippen molar-refractivity contribution >= 4 is 11.6 Å². The molecule has 1 aliphatic rings. The lowest BCUT2D eigenvalue weighted by Gasteiger charge is -2.19. The van der Waals surface area contributed by atoms with E-state index in [9.17, 15) is 0 Å². The molecule has 0 atom stereocenters. The van der Waals surface area contributed by atoms with E-state index in [0.29, 0.717) is 0 Å². The number of rotatable bonds is 0. The second kappa shape index (κ2) is 5.41. The minimum absolute atomic E-state index is 0.750. The quantitative estimate of drug-likeness (QED) is 0.612. The van der Waals surface area contributed by atoms with E-state index in [1.54, 1.807) is 0 Å². The number of para-hydroxylation sites is 2. The Morgan fingerprint density at radius 1 is 0.824 bits per heavy atom. The van der Waals surface area contributed by atoms with Crippen LogP contribution in [0.2, 0.25) is 0 Å². The first-order chi connectivity index (χ1) is 8.35. The van der Waals surface area contributed by atoms with E-state index in [1.165, 1.54) is 11.1 Å². The van der Waals surface area contributed by atoms with Gasteiger partial charge in [0.1, 0.15) is 11.5 Å². The van der Waals surface area contributed by atoms with Gasteiger partial charge in [-0.15, -0.1) is 0 Å². The molecule has 17 heavy (non-hydrogen) atoms. The third-order valence-electron chi connectivity index (χ3n) is 2.55. The number of fused-ring (bicyclic) bond motifs is 2. The van der Waals surface area contributed by atoms with Crippen LogP contribution in [0, 0.1) is 0 Å². The molecule has 4 heteroatoms. The zero-order valence-electron chi connectivity index (χ0n) is 8.96. The van der Waals surface area contributed by atoms with E-state index in [4.69, 9.17) is 13.2 Å². The summed E-state index contributed by atoms with van der Waals surface area (Å²) in [6, 6.07) is 16.4. The summed E-state index contributed by atoms with van der Waals surface area (Å²) in [6.07, 6.45) is 0.979. The first kappa shape index (κ1) is 11.5. The Bertz CT molecular complexity index is 473. The van der Waals surface area contributed by atoms with Crippen molar-refractivity contribution in [2.45, 2.75) is 6.42 Å². The summed E-state index contributed by atoms with van der Waals surface area (Å²) in [4.78, 5) is 0. The van der Waals surface area contributed by atoms with Crippen LogP contribution in [-0.4, -0.2) is 8.42 Å². The van der Waals surface area contributed by atoms with Crippen LogP contribution in [0.3, 0.4) is 0 Å². The highest BCUT2D eigenvalue weighted by atomic mass is 32.1. The maximum Gasteiger partial charge on any atom is 0.335 e. The third kappa shape index (κ3) is 2.60. The molecule has 2 aromatic rings. The lowest BCUT2D eigenvalue weighted by molar-refractivity contribution is 0.460. The number of ether oxygens (including phenoxy) is 1. The number of hydrogen-bond acceptors (Lipinski definition) is 3. The first-order valence-corrected chi connectivity index (χ1v) is 5.77. The lowest BCUT2D eigenvalue weighted by Crippen LogP contribution is -2.01. The van der Waals surface area contributed by atoms with Crippen LogP contribution in [0.4, 0.5) is 0 Å². The fraction of sp³-hybridized carbons (Fsp3) is 0.0769. The Hall–Kier alpha value is -1.94. The van der Waals surface area contributed by atoms with Crippen molar-refractivity contribution in [3.05, 3.63) is 59.7 Å². The second-order valence-electron chi connectivity index (χ2n) is 3.56. The van der Waals surface area contributed by atoms with Crippen molar-refractivity contribution in [2.24, 2.45) is 0 Å². The van der Waals surface area contributed by atoms with E-state index in [-0.39, 0.29) is 0 Å². The average molecular weight is 246 g/mol. The summed E-state index contributed by atoms with van der Waals surface area (Å²) in [5.41, 5.74) is 2.54. The van der Waals surface area contributed by atoms with Gasteiger partial charge in [0.25, 0.3) is 0 Å². The highest BCUT2D eigenvalue weighted by molar-refractivity contribution is 7.51. The molecule has 3 rings (SSSR count). The topological polar surface area (TPSA) is 43.4 Å². The van der Waals surface area contributed by atoms with Gasteiger partial charge in [-0.3, -0.25) is 0 Å². The van der Waals surface area contributed by atoms with Gasteiger partial charge in [-0.05, 0) is 23.3 Å². The standard InChI is InChI=1S/C13H10O.O2S/c1-3-7-12-10(5-1)9-11-6-2-4-8-13(11)14-12;1-3-2/h1-8H,9H2;. The minimum Gasteiger partial charge on any atom is -0.457 e. The highest BCUT2D eigenvalue weighted by Gasteiger charge is 2.14. The molecule has 0 unspecified atom stereocenters. The van der Waals surface area contributed by atoms with Gasteiger partial charge >= 0.3 is 11.6 Å². The third-order valence-corrected chi connectivity index (χ3v) is 2.55. The second-order valence-corrected chi connectivity index (χ2v) is 3.70. The normalized spacial score (nSPS) is 11.1. The Morgan fingerprint density at radius 2 is 1.24 bits per heavy atom. The van der Waals surface area contributed by atoms with Crippen LogP contribution in [0.1, 0.15) is 11.1 Å². The summed E-state index contributed by atoms with van der Waals surface area (Å²) in [5, 5.41) is 0. The molecule has 86 valence electrons. The molecule has 0 saturated carbocycles. The summed E-state index contributed by atoms with van der Waals surface area (Å²) < 4.78 is 22.4. The molecule has 0 bridgehead atoms. The van der Waals surface area contributed by atoms with E-state index >= 15 is 0 Å². The van der Waals surface area contributed by atoms with Crippen LogP contribution in [0.25, 0.3) is 0 Å². The molecule has 0 spiro atoms. The molecule has 0 aromatic heterocycles. The van der Waals surface area contributed by atoms with Gasteiger partial charge < -0.3 is 4.74 Å². The van der Waals surface area contributed by atoms with E-state index < -0.39 is 11.6 Å². The molecule has 1 aliphatic heterocycles. The number of hydrogen-bond donors (Lipinski definition) is 0. The maximum atomic E-state index is 8.29. The number of benzene rings is 2. The molecular weight excluding hydrogens is 236 g/mol. The lowest BCUT2D eigenvalue weighted by atomic mass is 10.0. The molecule has 2 aromatic carbocycles. The Balaban J connectivity index is 0.000000329. The van der Waals surface area contributed by atoms with Crippen LogP contribution in [0.15, 0.2) is 48.5 Å². The molecule has 3 nitrogen and oxygen atoms in total. The molecule has 0 radical (unpaired) electrons. The Kier molecular flexibility index (Phi) is 3.67. The van der Waals surface area contributed by atoms with Crippen molar-refractivity contribution in [3.63, 3.8) is 0 Å². The van der Waals surface area contributed by atoms with Crippen molar-refractivity contribution in [1.82, 2.24) is 0 Å². The fourth-order valence-electron chi connectivity index (χ4n) is 1.82. The molecule has 0 aliphatic carbocycles. The molecule has 0 N–H and O–H groups in total. The van der Waals surface area contributed by atoms with Crippen molar-refractivity contribution < 1.29 is 13.2 Å². The fourth-order valence-corrected chi connectivity index (χ4v) is 1.82. The van der Waals surface area contributed by atoms with Crippen molar-refractivity contribution in [3.8, 4) is 11.5 Å². The van der Waals surface area contributed by atoms with E-state index in [1.807, 2.05) is 24.3 Å². The zero-order chi connectivity index (χ0) is 12.1. The van der Waals surface area contributed by atoms with Gasteiger partial charge in [0, 0.05) is 6.42 Å². The van der Waals surface area contributed by atoms with Gasteiger partial charge in [0.15, 0.2) is 0 Å². The molecule has 0 amide bonds. The highest BCUT2D eigenvalue weighted by Crippen LogP contribution is 2.35. The van der Waals surface area contributed by atoms with Crippen molar-refractivity contribution in [2.75, 3.05) is 0 Å². The molecule has 1 heterocycles. The van der Waals surface area contributed by atoms with Gasteiger partial charge in [0.2, 0.25) is 0 Å². The van der Waals surface area contributed by atoms with Crippen LogP contribution >= 0.6 is 0 Å². The zero-order valence-corrected chi connectivity index (χ0v) is 9.78. The molecule has 0 fully saturated rings. The Labute approximate surface area is 103 Å². The molecule has 0 saturated heterocycles. The van der Waals surface area contributed by atoms with Gasteiger partial charge in [-0.25, -0.2) is 0 Å². The van der Waals surface area contributed by atoms with E-state index in [0.717, 1.165) is 17.9 Å². The summed E-state index contributed by atoms with van der Waals surface area (Å²) in [5.74, 6) is 1.98. The van der Waals surface area contributed by atoms with Crippen molar-refractivity contribution in [1.29, 1.82) is 0 Å². The monoisotopic (exact) mass is 246 g/mol. The van der Waals surface area contributed by atoms with Gasteiger partial charge in [0.05, 0.1) is 0 Å². The van der Waals surface area contributed by atoms with E-state index in [2.05, 4.69) is 24.3 Å². The predicted molar refractivity (Wildman–Crippen MR) is 64.7 cm³/mol. The maximum absolute atomic E-state index is 8.29. The van der Waals surface area contributed by atoms with Crippen LogP contribution < -0.4 is 4.74 Å².